The summed E-state index contributed by atoms with van der Waals surface area (Å²) in [5.74, 6) is 0.836. The molecule has 0 aliphatic carbocycles. The first-order valence-corrected chi connectivity index (χ1v) is 6.57. The summed E-state index contributed by atoms with van der Waals surface area (Å²) < 4.78 is 0. The largest absolute Gasteiger partial charge is 0.391 e. The van der Waals surface area contributed by atoms with Crippen molar-refractivity contribution < 1.29 is 9.90 Å². The van der Waals surface area contributed by atoms with Crippen LogP contribution in [0.25, 0.3) is 6.08 Å². The Bertz CT molecular complexity index is 342. The lowest BCUT2D eigenvalue weighted by molar-refractivity contribution is -0.109. The maximum atomic E-state index is 10.6. The number of rotatable bonds is 5. The number of allylic oxidation sites excluding steroid dienone is 1. The predicted octanol–water partition coefficient (Wildman–Crippen LogP) is 2.92. The van der Waals surface area contributed by atoms with Gasteiger partial charge in [-0.05, 0) is 23.4 Å². The van der Waals surface area contributed by atoms with E-state index in [0.29, 0.717) is 0 Å². The molecule has 0 atom stereocenters. The fourth-order valence-corrected chi connectivity index (χ4v) is 2.31. The van der Waals surface area contributed by atoms with Crippen LogP contribution in [0.15, 0.2) is 17.5 Å². The minimum Gasteiger partial charge on any atom is -0.391 e. The van der Waals surface area contributed by atoms with Gasteiger partial charge >= 0.3 is 0 Å². The molecule has 0 spiro atoms. The standard InChI is InChI=1S/C11H14O2S2/c1-9(13)14-5-3-2-4-10-6-11(7-12)15-8-10/h2,4,6,8,12H,3,5,7H2,1H3. The quantitative estimate of drug-likeness (QED) is 0.807. The van der Waals surface area contributed by atoms with Crippen LogP contribution in [0.1, 0.15) is 23.8 Å². The molecule has 2 nitrogen and oxygen atoms in total. The van der Waals surface area contributed by atoms with Crippen LogP contribution in [0, 0.1) is 0 Å². The van der Waals surface area contributed by atoms with Gasteiger partial charge in [0.15, 0.2) is 5.12 Å². The van der Waals surface area contributed by atoms with Gasteiger partial charge in [-0.1, -0.05) is 23.9 Å². The van der Waals surface area contributed by atoms with Crippen molar-refractivity contribution >= 4 is 34.3 Å². The van der Waals surface area contributed by atoms with E-state index in [1.54, 1.807) is 18.3 Å². The molecule has 0 saturated heterocycles. The molecule has 0 aliphatic rings. The van der Waals surface area contributed by atoms with Crippen LogP contribution in [-0.4, -0.2) is 16.0 Å². The number of carbonyl (C=O) groups is 1. The molecule has 1 rings (SSSR count). The van der Waals surface area contributed by atoms with Crippen LogP contribution in [0.4, 0.5) is 0 Å². The van der Waals surface area contributed by atoms with Crippen molar-refractivity contribution in [1.82, 2.24) is 0 Å². The fraction of sp³-hybridized carbons (Fsp3) is 0.364. The monoisotopic (exact) mass is 242 g/mol. The fourth-order valence-electron chi connectivity index (χ4n) is 1.06. The van der Waals surface area contributed by atoms with Crippen LogP contribution in [-0.2, 0) is 11.4 Å². The highest BCUT2D eigenvalue weighted by molar-refractivity contribution is 8.13. The molecule has 15 heavy (non-hydrogen) atoms. The predicted molar refractivity (Wildman–Crippen MR) is 67.0 cm³/mol. The summed E-state index contributed by atoms with van der Waals surface area (Å²) in [6.45, 7) is 1.69. The minimum absolute atomic E-state index is 0.110. The lowest BCUT2D eigenvalue weighted by Gasteiger charge is -1.90. The van der Waals surface area contributed by atoms with E-state index in [4.69, 9.17) is 5.11 Å². The Labute approximate surface area is 98.0 Å². The van der Waals surface area contributed by atoms with Gasteiger partial charge in [-0.2, -0.15) is 0 Å². The second kappa shape index (κ2) is 6.82. The van der Waals surface area contributed by atoms with E-state index in [2.05, 4.69) is 6.08 Å². The molecular formula is C11H14O2S2. The number of hydrogen-bond donors (Lipinski definition) is 1. The van der Waals surface area contributed by atoms with Gasteiger partial charge in [0.25, 0.3) is 0 Å². The van der Waals surface area contributed by atoms with Crippen LogP contribution < -0.4 is 0 Å². The third-order valence-corrected chi connectivity index (χ3v) is 3.52. The minimum atomic E-state index is 0.110. The maximum absolute atomic E-state index is 10.6. The maximum Gasteiger partial charge on any atom is 0.185 e. The second-order valence-electron chi connectivity index (χ2n) is 3.04. The van der Waals surface area contributed by atoms with Gasteiger partial charge in [-0.3, -0.25) is 4.79 Å². The lowest BCUT2D eigenvalue weighted by atomic mass is 10.2. The first-order chi connectivity index (χ1) is 7.22. The van der Waals surface area contributed by atoms with Crippen LogP contribution in [0.5, 0.6) is 0 Å². The molecule has 0 aliphatic heterocycles. The van der Waals surface area contributed by atoms with E-state index in [1.165, 1.54) is 11.8 Å². The molecule has 0 aromatic carbocycles. The third kappa shape index (κ3) is 5.16. The Morgan fingerprint density at radius 3 is 3.07 bits per heavy atom. The summed E-state index contributed by atoms with van der Waals surface area (Å²) >= 11 is 2.91. The average Bonchev–Trinajstić information content (AvgIpc) is 2.65. The molecule has 0 saturated carbocycles. The highest BCUT2D eigenvalue weighted by Crippen LogP contribution is 2.16. The number of thiophene rings is 1. The lowest BCUT2D eigenvalue weighted by Crippen LogP contribution is -1.83. The Morgan fingerprint density at radius 1 is 1.67 bits per heavy atom. The van der Waals surface area contributed by atoms with E-state index >= 15 is 0 Å². The molecular weight excluding hydrogens is 228 g/mol. The summed E-state index contributed by atoms with van der Waals surface area (Å²) in [4.78, 5) is 11.6. The molecule has 0 radical (unpaired) electrons. The van der Waals surface area contributed by atoms with Crippen molar-refractivity contribution in [3.8, 4) is 0 Å². The zero-order valence-corrected chi connectivity index (χ0v) is 10.2. The molecule has 4 heteroatoms. The number of aliphatic hydroxyl groups excluding tert-OH is 1. The molecule has 0 unspecified atom stereocenters. The highest BCUT2D eigenvalue weighted by atomic mass is 32.2. The van der Waals surface area contributed by atoms with Crippen molar-refractivity contribution in [3.63, 3.8) is 0 Å². The Balaban J connectivity index is 2.28. The smallest absolute Gasteiger partial charge is 0.185 e. The van der Waals surface area contributed by atoms with E-state index in [-0.39, 0.29) is 11.7 Å². The van der Waals surface area contributed by atoms with E-state index in [1.807, 2.05) is 17.5 Å². The van der Waals surface area contributed by atoms with Crippen LogP contribution >= 0.6 is 23.1 Å². The summed E-state index contributed by atoms with van der Waals surface area (Å²) in [6.07, 6.45) is 4.98. The molecule has 0 fully saturated rings. The number of aliphatic hydroxyl groups is 1. The molecule has 1 aromatic rings. The first kappa shape index (κ1) is 12.5. The van der Waals surface area contributed by atoms with Crippen LogP contribution in [0.3, 0.4) is 0 Å². The Hall–Kier alpha value is -0.580. The van der Waals surface area contributed by atoms with Gasteiger partial charge in [-0.15, -0.1) is 11.3 Å². The zero-order chi connectivity index (χ0) is 11.1. The van der Waals surface area contributed by atoms with E-state index in [0.717, 1.165) is 22.6 Å². The van der Waals surface area contributed by atoms with Gasteiger partial charge in [0.1, 0.15) is 0 Å². The molecule has 1 heterocycles. The van der Waals surface area contributed by atoms with Gasteiger partial charge in [0.05, 0.1) is 6.61 Å². The molecule has 0 amide bonds. The molecule has 1 aromatic heterocycles. The zero-order valence-electron chi connectivity index (χ0n) is 8.60. The van der Waals surface area contributed by atoms with Crippen LogP contribution in [0.2, 0.25) is 0 Å². The Kier molecular flexibility index (Phi) is 5.68. The number of carbonyl (C=O) groups excluding carboxylic acids is 1. The summed E-state index contributed by atoms with van der Waals surface area (Å²) in [7, 11) is 0. The molecule has 0 bridgehead atoms. The number of hydrogen-bond acceptors (Lipinski definition) is 4. The van der Waals surface area contributed by atoms with Gasteiger partial charge in [-0.25, -0.2) is 0 Å². The van der Waals surface area contributed by atoms with Gasteiger partial charge in [0.2, 0.25) is 0 Å². The third-order valence-electron chi connectivity index (χ3n) is 1.73. The molecule has 1 N–H and O–H groups in total. The normalized spacial score (nSPS) is 11.1. The van der Waals surface area contributed by atoms with Crippen molar-refractivity contribution in [2.45, 2.75) is 20.0 Å². The SMILES string of the molecule is CC(=O)SCCC=Cc1csc(CO)c1. The van der Waals surface area contributed by atoms with E-state index < -0.39 is 0 Å². The van der Waals surface area contributed by atoms with Crippen molar-refractivity contribution in [1.29, 1.82) is 0 Å². The number of thioether (sulfide) groups is 1. The van der Waals surface area contributed by atoms with Crippen molar-refractivity contribution in [3.05, 3.63) is 28.0 Å². The summed E-state index contributed by atoms with van der Waals surface area (Å²) in [5.41, 5.74) is 1.12. The second-order valence-corrected chi connectivity index (χ2v) is 5.30. The van der Waals surface area contributed by atoms with E-state index in [9.17, 15) is 4.79 Å². The molecule has 82 valence electrons. The van der Waals surface area contributed by atoms with Crippen molar-refractivity contribution in [2.75, 3.05) is 5.75 Å². The van der Waals surface area contributed by atoms with Gasteiger partial charge in [0, 0.05) is 17.6 Å². The summed E-state index contributed by atoms with van der Waals surface area (Å²) in [6, 6.07) is 1.97. The summed E-state index contributed by atoms with van der Waals surface area (Å²) in [5, 5.41) is 11.0. The van der Waals surface area contributed by atoms with Crippen molar-refractivity contribution in [2.24, 2.45) is 0 Å². The van der Waals surface area contributed by atoms with Gasteiger partial charge < -0.3 is 5.11 Å². The first-order valence-electron chi connectivity index (χ1n) is 4.70. The average molecular weight is 242 g/mol. The topological polar surface area (TPSA) is 37.3 Å². The highest BCUT2D eigenvalue weighted by Gasteiger charge is 1.95. The Morgan fingerprint density at radius 2 is 2.47 bits per heavy atom.